The van der Waals surface area contributed by atoms with E-state index in [-0.39, 0.29) is 17.5 Å². The standard InChI is InChI=1S/C19H23FN4O2S/c1-12-15(13(2)24-19(23-12)27-11-17(21)25)7-8-18(26)22-10-9-14-5-3-4-6-16(14)20/h3-6H,7-11H2,1-2H3,(H2,21,25)(H,22,26). The number of nitrogens with two attached hydrogens (primary N) is 1. The predicted octanol–water partition coefficient (Wildman–Crippen LogP) is 2.10. The van der Waals surface area contributed by atoms with E-state index in [4.69, 9.17) is 5.73 Å². The highest BCUT2D eigenvalue weighted by atomic mass is 32.2. The van der Waals surface area contributed by atoms with Crippen molar-refractivity contribution in [3.63, 3.8) is 0 Å². The average Bonchev–Trinajstić information content (AvgIpc) is 2.61. The number of halogens is 1. The number of carbonyl (C=O) groups is 2. The van der Waals surface area contributed by atoms with Crippen LogP contribution in [-0.2, 0) is 22.4 Å². The first-order valence-electron chi connectivity index (χ1n) is 8.62. The summed E-state index contributed by atoms with van der Waals surface area (Å²) in [6.07, 6.45) is 1.27. The first-order valence-corrected chi connectivity index (χ1v) is 9.60. The number of nitrogens with one attached hydrogen (secondary N) is 1. The van der Waals surface area contributed by atoms with Crippen LogP contribution in [0.4, 0.5) is 4.39 Å². The molecule has 8 heteroatoms. The third-order valence-corrected chi connectivity index (χ3v) is 4.89. The Kier molecular flexibility index (Phi) is 7.72. The van der Waals surface area contributed by atoms with E-state index in [1.165, 1.54) is 17.8 Å². The summed E-state index contributed by atoms with van der Waals surface area (Å²) in [5.74, 6) is -0.653. The Morgan fingerprint density at radius 3 is 2.44 bits per heavy atom. The van der Waals surface area contributed by atoms with Crippen LogP contribution >= 0.6 is 11.8 Å². The van der Waals surface area contributed by atoms with Crippen molar-refractivity contribution in [2.24, 2.45) is 5.73 Å². The number of amides is 2. The summed E-state index contributed by atoms with van der Waals surface area (Å²) in [5, 5.41) is 3.31. The SMILES string of the molecule is Cc1nc(SCC(N)=O)nc(C)c1CCC(=O)NCCc1ccccc1F. The van der Waals surface area contributed by atoms with Gasteiger partial charge in [-0.3, -0.25) is 9.59 Å². The van der Waals surface area contributed by atoms with Gasteiger partial charge in [-0.15, -0.1) is 0 Å². The van der Waals surface area contributed by atoms with Gasteiger partial charge >= 0.3 is 0 Å². The molecular formula is C19H23FN4O2S. The van der Waals surface area contributed by atoms with Crippen LogP contribution in [0.15, 0.2) is 29.4 Å². The molecule has 0 aliphatic rings. The molecule has 1 aromatic heterocycles. The Balaban J connectivity index is 1.83. The van der Waals surface area contributed by atoms with E-state index in [1.54, 1.807) is 18.2 Å². The number of rotatable bonds is 9. The number of carbonyl (C=O) groups excluding carboxylic acids is 2. The Labute approximate surface area is 162 Å². The van der Waals surface area contributed by atoms with E-state index in [0.717, 1.165) is 17.0 Å². The molecule has 1 aromatic carbocycles. The molecule has 0 bridgehead atoms. The lowest BCUT2D eigenvalue weighted by atomic mass is 10.1. The maximum absolute atomic E-state index is 13.6. The summed E-state index contributed by atoms with van der Waals surface area (Å²) in [5.41, 5.74) is 8.21. The number of primary amides is 1. The minimum absolute atomic E-state index is 0.0997. The molecule has 0 atom stereocenters. The van der Waals surface area contributed by atoms with Crippen LogP contribution in [0.3, 0.4) is 0 Å². The number of hydrogen-bond acceptors (Lipinski definition) is 5. The minimum Gasteiger partial charge on any atom is -0.369 e. The van der Waals surface area contributed by atoms with E-state index >= 15 is 0 Å². The van der Waals surface area contributed by atoms with Gasteiger partial charge in [-0.25, -0.2) is 14.4 Å². The first-order chi connectivity index (χ1) is 12.9. The van der Waals surface area contributed by atoms with Gasteiger partial charge in [0.05, 0.1) is 5.75 Å². The van der Waals surface area contributed by atoms with Crippen molar-refractivity contribution in [3.8, 4) is 0 Å². The maximum Gasteiger partial charge on any atom is 0.227 e. The van der Waals surface area contributed by atoms with Gasteiger partial charge in [-0.2, -0.15) is 0 Å². The van der Waals surface area contributed by atoms with Crippen molar-refractivity contribution in [2.45, 2.75) is 38.3 Å². The summed E-state index contributed by atoms with van der Waals surface area (Å²) in [6, 6.07) is 6.54. The maximum atomic E-state index is 13.6. The van der Waals surface area contributed by atoms with Gasteiger partial charge in [0.25, 0.3) is 0 Å². The Hall–Kier alpha value is -2.48. The lowest BCUT2D eigenvalue weighted by Gasteiger charge is -2.11. The monoisotopic (exact) mass is 390 g/mol. The van der Waals surface area contributed by atoms with Crippen LogP contribution in [-0.4, -0.2) is 34.1 Å². The molecule has 0 spiro atoms. The highest BCUT2D eigenvalue weighted by Gasteiger charge is 2.12. The van der Waals surface area contributed by atoms with Crippen molar-refractivity contribution in [1.82, 2.24) is 15.3 Å². The van der Waals surface area contributed by atoms with Crippen molar-refractivity contribution in [3.05, 3.63) is 52.6 Å². The normalized spacial score (nSPS) is 10.6. The molecule has 0 saturated heterocycles. The highest BCUT2D eigenvalue weighted by molar-refractivity contribution is 7.99. The number of aromatic nitrogens is 2. The Morgan fingerprint density at radius 2 is 1.81 bits per heavy atom. The zero-order chi connectivity index (χ0) is 19.8. The molecule has 0 radical (unpaired) electrons. The van der Waals surface area contributed by atoms with Gasteiger partial charge < -0.3 is 11.1 Å². The molecule has 144 valence electrons. The fourth-order valence-corrected chi connectivity index (χ4v) is 3.31. The molecule has 27 heavy (non-hydrogen) atoms. The number of nitrogens with zero attached hydrogens (tertiary/aromatic N) is 2. The number of hydrogen-bond donors (Lipinski definition) is 2. The average molecular weight is 390 g/mol. The van der Waals surface area contributed by atoms with Gasteiger partial charge in [0.1, 0.15) is 5.82 Å². The molecule has 2 amide bonds. The molecule has 0 saturated carbocycles. The lowest BCUT2D eigenvalue weighted by Crippen LogP contribution is -2.26. The summed E-state index contributed by atoms with van der Waals surface area (Å²) >= 11 is 1.19. The van der Waals surface area contributed by atoms with Crippen molar-refractivity contribution in [2.75, 3.05) is 12.3 Å². The number of aryl methyl sites for hydroxylation is 2. The molecular weight excluding hydrogens is 367 g/mol. The van der Waals surface area contributed by atoms with Crippen molar-refractivity contribution < 1.29 is 14.0 Å². The molecule has 1 heterocycles. The largest absolute Gasteiger partial charge is 0.369 e. The number of thioether (sulfide) groups is 1. The molecule has 3 N–H and O–H groups in total. The fraction of sp³-hybridized carbons (Fsp3) is 0.368. The summed E-state index contributed by atoms with van der Waals surface area (Å²) in [7, 11) is 0. The Morgan fingerprint density at radius 1 is 1.15 bits per heavy atom. The van der Waals surface area contributed by atoms with E-state index in [0.29, 0.717) is 36.5 Å². The second-order valence-corrected chi connectivity index (χ2v) is 7.04. The smallest absolute Gasteiger partial charge is 0.227 e. The van der Waals surface area contributed by atoms with Crippen LogP contribution in [0.25, 0.3) is 0 Å². The van der Waals surface area contributed by atoms with Crippen molar-refractivity contribution in [1.29, 1.82) is 0 Å². The zero-order valence-corrected chi connectivity index (χ0v) is 16.2. The van der Waals surface area contributed by atoms with E-state index in [2.05, 4.69) is 15.3 Å². The molecule has 0 fully saturated rings. The van der Waals surface area contributed by atoms with Crippen LogP contribution in [0.2, 0.25) is 0 Å². The van der Waals surface area contributed by atoms with Gasteiger partial charge in [-0.05, 0) is 43.9 Å². The van der Waals surface area contributed by atoms with Gasteiger partial charge in [0.2, 0.25) is 11.8 Å². The Bertz CT molecular complexity index is 806. The van der Waals surface area contributed by atoms with Crippen LogP contribution < -0.4 is 11.1 Å². The summed E-state index contributed by atoms with van der Waals surface area (Å²) in [6.45, 7) is 4.10. The van der Waals surface area contributed by atoms with Crippen LogP contribution in [0.5, 0.6) is 0 Å². The lowest BCUT2D eigenvalue weighted by molar-refractivity contribution is -0.121. The molecule has 2 aromatic rings. The molecule has 0 unspecified atom stereocenters. The van der Waals surface area contributed by atoms with Crippen LogP contribution in [0.1, 0.15) is 28.9 Å². The molecule has 6 nitrogen and oxygen atoms in total. The van der Waals surface area contributed by atoms with Gasteiger partial charge in [0.15, 0.2) is 5.16 Å². The second-order valence-electron chi connectivity index (χ2n) is 6.10. The van der Waals surface area contributed by atoms with Gasteiger partial charge in [-0.1, -0.05) is 30.0 Å². The fourth-order valence-electron chi connectivity index (χ4n) is 2.64. The van der Waals surface area contributed by atoms with Crippen molar-refractivity contribution >= 4 is 23.6 Å². The van der Waals surface area contributed by atoms with E-state index in [1.807, 2.05) is 13.8 Å². The summed E-state index contributed by atoms with van der Waals surface area (Å²) in [4.78, 5) is 31.7. The topological polar surface area (TPSA) is 98.0 Å². The first kappa shape index (κ1) is 20.8. The van der Waals surface area contributed by atoms with E-state index < -0.39 is 5.91 Å². The minimum atomic E-state index is -0.421. The summed E-state index contributed by atoms with van der Waals surface area (Å²) < 4.78 is 13.6. The zero-order valence-electron chi connectivity index (χ0n) is 15.4. The molecule has 2 rings (SSSR count). The molecule has 0 aliphatic carbocycles. The third kappa shape index (κ3) is 6.63. The predicted molar refractivity (Wildman–Crippen MR) is 103 cm³/mol. The quantitative estimate of drug-likeness (QED) is 0.505. The number of benzene rings is 1. The van der Waals surface area contributed by atoms with E-state index in [9.17, 15) is 14.0 Å². The third-order valence-electron chi connectivity index (χ3n) is 4.02. The van der Waals surface area contributed by atoms with Gasteiger partial charge in [0, 0.05) is 24.4 Å². The highest BCUT2D eigenvalue weighted by Crippen LogP contribution is 2.18. The van der Waals surface area contributed by atoms with Crippen LogP contribution in [0, 0.1) is 19.7 Å². The second kappa shape index (κ2) is 10.0. The molecule has 0 aliphatic heterocycles.